The maximum atomic E-state index is 5.65. The third-order valence-electron chi connectivity index (χ3n) is 3.07. The number of nitrogens with two attached hydrogens (primary N) is 1. The molecule has 0 amide bonds. The molecule has 14 heavy (non-hydrogen) atoms. The highest BCUT2D eigenvalue weighted by Gasteiger charge is 2.21. The first-order valence-corrected chi connectivity index (χ1v) is 6.09. The average Bonchev–Trinajstić information content (AvgIpc) is 2.19. The van der Waals surface area contributed by atoms with Crippen molar-refractivity contribution >= 4 is 15.9 Å². The number of fused-ring (bicyclic) bond motifs is 1. The van der Waals surface area contributed by atoms with Crippen molar-refractivity contribution in [2.45, 2.75) is 31.6 Å². The van der Waals surface area contributed by atoms with Gasteiger partial charge in [-0.15, -0.1) is 0 Å². The molecular weight excluding hydrogens is 238 g/mol. The summed E-state index contributed by atoms with van der Waals surface area (Å²) >= 11 is 3.65. The van der Waals surface area contributed by atoms with E-state index in [0.717, 1.165) is 13.0 Å². The molecule has 0 aliphatic heterocycles. The van der Waals surface area contributed by atoms with Gasteiger partial charge in [-0.25, -0.2) is 0 Å². The molecule has 0 saturated heterocycles. The number of halogens is 1. The van der Waals surface area contributed by atoms with Crippen LogP contribution >= 0.6 is 15.9 Å². The van der Waals surface area contributed by atoms with E-state index in [2.05, 4.69) is 34.1 Å². The predicted molar refractivity (Wildman–Crippen MR) is 63.5 cm³/mol. The van der Waals surface area contributed by atoms with E-state index < -0.39 is 0 Å². The molecule has 1 nitrogen and oxygen atoms in total. The molecule has 0 spiro atoms. The lowest BCUT2D eigenvalue weighted by Gasteiger charge is -2.26. The van der Waals surface area contributed by atoms with Crippen molar-refractivity contribution in [3.63, 3.8) is 0 Å². The van der Waals surface area contributed by atoms with E-state index in [1.165, 1.54) is 34.9 Å². The van der Waals surface area contributed by atoms with Gasteiger partial charge in [-0.3, -0.25) is 0 Å². The average molecular weight is 254 g/mol. The highest BCUT2D eigenvalue weighted by atomic mass is 79.9. The molecule has 0 saturated carbocycles. The Hall–Kier alpha value is -0.340. The molecule has 0 radical (unpaired) electrons. The van der Waals surface area contributed by atoms with Gasteiger partial charge in [0.25, 0.3) is 0 Å². The highest BCUT2D eigenvalue weighted by Crippen LogP contribution is 2.38. The number of rotatable bonds is 2. The fourth-order valence-electron chi connectivity index (χ4n) is 2.43. The van der Waals surface area contributed by atoms with E-state index in [4.69, 9.17) is 5.73 Å². The lowest BCUT2D eigenvalue weighted by molar-refractivity contribution is 0.524. The zero-order valence-electron chi connectivity index (χ0n) is 8.30. The highest BCUT2D eigenvalue weighted by molar-refractivity contribution is 9.10. The fourth-order valence-corrected chi connectivity index (χ4v) is 3.16. The summed E-state index contributed by atoms with van der Waals surface area (Å²) < 4.78 is 1.27. The molecule has 1 atom stereocenters. The minimum Gasteiger partial charge on any atom is -0.330 e. The Bertz CT molecular complexity index is 322. The van der Waals surface area contributed by atoms with Crippen molar-refractivity contribution in [2.75, 3.05) is 6.54 Å². The van der Waals surface area contributed by atoms with Crippen LogP contribution in [0.25, 0.3) is 0 Å². The van der Waals surface area contributed by atoms with Crippen LogP contribution in [-0.2, 0) is 6.42 Å². The molecular formula is C12H16BrN. The summed E-state index contributed by atoms with van der Waals surface area (Å²) in [5.41, 5.74) is 8.69. The van der Waals surface area contributed by atoms with Gasteiger partial charge in [0.05, 0.1) is 0 Å². The maximum absolute atomic E-state index is 5.65. The lowest BCUT2D eigenvalue weighted by Crippen LogP contribution is -2.14. The topological polar surface area (TPSA) is 26.0 Å². The lowest BCUT2D eigenvalue weighted by atomic mass is 9.81. The number of hydrogen-bond donors (Lipinski definition) is 1. The van der Waals surface area contributed by atoms with Crippen LogP contribution in [0, 0.1) is 0 Å². The van der Waals surface area contributed by atoms with Crippen LogP contribution in [0.3, 0.4) is 0 Å². The van der Waals surface area contributed by atoms with Crippen LogP contribution in [0.15, 0.2) is 22.7 Å². The fraction of sp³-hybridized carbons (Fsp3) is 0.500. The second-order valence-corrected chi connectivity index (χ2v) is 4.83. The zero-order chi connectivity index (χ0) is 9.97. The van der Waals surface area contributed by atoms with Crippen molar-refractivity contribution < 1.29 is 0 Å². The van der Waals surface area contributed by atoms with Gasteiger partial charge in [-0.1, -0.05) is 28.1 Å². The van der Waals surface area contributed by atoms with Gasteiger partial charge in [-0.2, -0.15) is 0 Å². The summed E-state index contributed by atoms with van der Waals surface area (Å²) in [5.74, 6) is 0.680. The normalized spacial score (nSPS) is 20.6. The van der Waals surface area contributed by atoms with Gasteiger partial charge >= 0.3 is 0 Å². The monoisotopic (exact) mass is 253 g/mol. The van der Waals surface area contributed by atoms with Crippen molar-refractivity contribution in [2.24, 2.45) is 5.73 Å². The molecule has 76 valence electrons. The van der Waals surface area contributed by atoms with Gasteiger partial charge in [0.1, 0.15) is 0 Å². The Balaban J connectivity index is 2.36. The third-order valence-corrected chi connectivity index (χ3v) is 3.76. The van der Waals surface area contributed by atoms with E-state index in [1.54, 1.807) is 0 Å². The molecule has 0 bridgehead atoms. The Morgan fingerprint density at radius 3 is 3.07 bits per heavy atom. The summed E-state index contributed by atoms with van der Waals surface area (Å²) in [6, 6.07) is 6.53. The van der Waals surface area contributed by atoms with Gasteiger partial charge < -0.3 is 5.73 Å². The summed E-state index contributed by atoms with van der Waals surface area (Å²) in [6.45, 7) is 0.797. The Kier molecular flexibility index (Phi) is 3.24. The van der Waals surface area contributed by atoms with Crippen molar-refractivity contribution in [1.82, 2.24) is 0 Å². The molecule has 2 rings (SSSR count). The second-order valence-electron chi connectivity index (χ2n) is 3.98. The maximum Gasteiger partial charge on any atom is 0.0212 e. The molecule has 0 fully saturated rings. The molecule has 1 unspecified atom stereocenters. The van der Waals surface area contributed by atoms with Crippen molar-refractivity contribution in [3.8, 4) is 0 Å². The van der Waals surface area contributed by atoms with E-state index in [9.17, 15) is 0 Å². The number of hydrogen-bond acceptors (Lipinski definition) is 1. The molecule has 1 aromatic carbocycles. The predicted octanol–water partition coefficient (Wildman–Crippen LogP) is 3.22. The van der Waals surface area contributed by atoms with Crippen LogP contribution < -0.4 is 5.73 Å². The van der Waals surface area contributed by atoms with Crippen LogP contribution in [0.1, 0.15) is 36.3 Å². The number of benzene rings is 1. The van der Waals surface area contributed by atoms with E-state index in [0.29, 0.717) is 5.92 Å². The molecule has 1 aliphatic rings. The molecule has 0 heterocycles. The summed E-state index contributed by atoms with van der Waals surface area (Å²) in [6.07, 6.45) is 4.96. The first-order chi connectivity index (χ1) is 6.83. The molecule has 1 aliphatic carbocycles. The van der Waals surface area contributed by atoms with Crippen LogP contribution in [0.5, 0.6) is 0 Å². The summed E-state index contributed by atoms with van der Waals surface area (Å²) in [7, 11) is 0. The van der Waals surface area contributed by atoms with E-state index >= 15 is 0 Å². The number of aryl methyl sites for hydroxylation is 1. The van der Waals surface area contributed by atoms with Gasteiger partial charge in [0.15, 0.2) is 0 Å². The molecule has 2 N–H and O–H groups in total. The van der Waals surface area contributed by atoms with Gasteiger partial charge in [-0.05, 0) is 55.3 Å². The van der Waals surface area contributed by atoms with E-state index in [1.807, 2.05) is 0 Å². The Labute approximate surface area is 93.8 Å². The summed E-state index contributed by atoms with van der Waals surface area (Å²) in [4.78, 5) is 0. The standard InChI is InChI=1S/C12H16BrN/c13-11-6-2-5-9-3-1-4-10(7-8-14)12(9)11/h2,5-6,10H,1,3-4,7-8,14H2. The minimum atomic E-state index is 0.680. The van der Waals surface area contributed by atoms with Gasteiger partial charge in [0.2, 0.25) is 0 Å². The Morgan fingerprint density at radius 2 is 2.29 bits per heavy atom. The first kappa shape index (κ1) is 10.2. The van der Waals surface area contributed by atoms with Crippen molar-refractivity contribution in [3.05, 3.63) is 33.8 Å². The molecule has 2 heteroatoms. The largest absolute Gasteiger partial charge is 0.330 e. The van der Waals surface area contributed by atoms with Gasteiger partial charge in [0, 0.05) is 4.47 Å². The Morgan fingerprint density at radius 1 is 1.43 bits per heavy atom. The SMILES string of the molecule is NCCC1CCCc2cccc(Br)c21. The smallest absolute Gasteiger partial charge is 0.0212 e. The summed E-state index contributed by atoms with van der Waals surface area (Å²) in [5, 5.41) is 0. The molecule has 1 aromatic rings. The second kappa shape index (κ2) is 4.45. The third kappa shape index (κ3) is 1.86. The van der Waals surface area contributed by atoms with Crippen LogP contribution in [0.4, 0.5) is 0 Å². The first-order valence-electron chi connectivity index (χ1n) is 5.30. The van der Waals surface area contributed by atoms with Crippen molar-refractivity contribution in [1.29, 1.82) is 0 Å². The minimum absolute atomic E-state index is 0.680. The van der Waals surface area contributed by atoms with Crippen LogP contribution in [0.2, 0.25) is 0 Å². The zero-order valence-corrected chi connectivity index (χ0v) is 9.89. The molecule has 0 aromatic heterocycles. The van der Waals surface area contributed by atoms with E-state index in [-0.39, 0.29) is 0 Å². The van der Waals surface area contributed by atoms with Crippen LogP contribution in [-0.4, -0.2) is 6.54 Å². The quantitative estimate of drug-likeness (QED) is 0.861.